The molecule has 1 saturated heterocycles. The molecule has 2 aliphatic rings. The van der Waals surface area contributed by atoms with Crippen molar-refractivity contribution in [3.8, 4) is 11.5 Å². The van der Waals surface area contributed by atoms with Gasteiger partial charge < -0.3 is 19.9 Å². The van der Waals surface area contributed by atoms with Crippen LogP contribution in [0.3, 0.4) is 0 Å². The molecular formula is C15H19NO4. The number of aromatic hydroxyl groups is 1. The van der Waals surface area contributed by atoms with Gasteiger partial charge in [-0.2, -0.15) is 0 Å². The summed E-state index contributed by atoms with van der Waals surface area (Å²) in [6, 6.07) is 4.75. The van der Waals surface area contributed by atoms with Crippen LogP contribution < -0.4 is 10.1 Å². The smallest absolute Gasteiger partial charge is 0.251 e. The Balaban J connectivity index is 1.68. The molecule has 2 unspecified atom stereocenters. The zero-order valence-electron chi connectivity index (χ0n) is 11.5. The second-order valence-corrected chi connectivity index (χ2v) is 5.43. The van der Waals surface area contributed by atoms with Crippen LogP contribution in [-0.2, 0) is 4.74 Å². The molecule has 0 radical (unpaired) electrons. The number of phenolic OH excluding ortho intramolecular Hbond substituents is 1. The largest absolute Gasteiger partial charge is 0.504 e. The zero-order chi connectivity index (χ0) is 14.1. The molecule has 3 rings (SSSR count). The van der Waals surface area contributed by atoms with Gasteiger partial charge in [-0.15, -0.1) is 0 Å². The van der Waals surface area contributed by atoms with Gasteiger partial charge in [0.1, 0.15) is 0 Å². The van der Waals surface area contributed by atoms with Crippen molar-refractivity contribution in [2.75, 3.05) is 13.7 Å². The van der Waals surface area contributed by atoms with Crippen molar-refractivity contribution in [2.24, 2.45) is 5.92 Å². The Morgan fingerprint density at radius 2 is 2.20 bits per heavy atom. The molecule has 2 fully saturated rings. The SMILES string of the molecule is COc1ccc(C(=O)NC2CCOC2C2CC2)cc1O. The van der Waals surface area contributed by atoms with Crippen LogP contribution in [0.25, 0.3) is 0 Å². The van der Waals surface area contributed by atoms with Crippen LogP contribution in [0.5, 0.6) is 11.5 Å². The number of ether oxygens (including phenoxy) is 2. The Bertz CT molecular complexity index is 513. The molecule has 1 amide bonds. The fourth-order valence-corrected chi connectivity index (χ4v) is 2.74. The van der Waals surface area contributed by atoms with E-state index >= 15 is 0 Å². The topological polar surface area (TPSA) is 67.8 Å². The first kappa shape index (κ1) is 13.2. The summed E-state index contributed by atoms with van der Waals surface area (Å²) < 4.78 is 10.7. The molecule has 20 heavy (non-hydrogen) atoms. The van der Waals surface area contributed by atoms with Gasteiger partial charge in [-0.3, -0.25) is 4.79 Å². The van der Waals surface area contributed by atoms with E-state index in [4.69, 9.17) is 9.47 Å². The van der Waals surface area contributed by atoms with Crippen LogP contribution >= 0.6 is 0 Å². The van der Waals surface area contributed by atoms with E-state index in [0.717, 1.165) is 6.42 Å². The monoisotopic (exact) mass is 277 g/mol. The highest BCUT2D eigenvalue weighted by Gasteiger charge is 2.41. The van der Waals surface area contributed by atoms with E-state index in [1.165, 1.54) is 26.0 Å². The van der Waals surface area contributed by atoms with E-state index < -0.39 is 0 Å². The van der Waals surface area contributed by atoms with E-state index in [9.17, 15) is 9.90 Å². The molecule has 1 saturated carbocycles. The number of benzene rings is 1. The number of methoxy groups -OCH3 is 1. The first-order valence-corrected chi connectivity index (χ1v) is 6.98. The first-order valence-electron chi connectivity index (χ1n) is 6.98. The predicted molar refractivity (Wildman–Crippen MR) is 73.0 cm³/mol. The minimum absolute atomic E-state index is 0.0263. The zero-order valence-corrected chi connectivity index (χ0v) is 11.5. The Labute approximate surface area is 117 Å². The molecule has 1 heterocycles. The lowest BCUT2D eigenvalue weighted by Crippen LogP contribution is -2.41. The standard InChI is InChI=1S/C15H19NO4/c1-19-13-5-4-10(8-12(13)17)15(18)16-11-6-7-20-14(11)9-2-3-9/h4-5,8-9,11,14,17H,2-3,6-7H2,1H3,(H,16,18). The van der Waals surface area contributed by atoms with Crippen molar-refractivity contribution in [2.45, 2.75) is 31.4 Å². The predicted octanol–water partition coefficient (Wildman–Crippen LogP) is 1.70. The normalized spacial score (nSPS) is 25.4. The molecule has 5 heteroatoms. The van der Waals surface area contributed by atoms with E-state index in [0.29, 0.717) is 23.8 Å². The molecule has 1 aromatic carbocycles. The van der Waals surface area contributed by atoms with Crippen LogP contribution in [-0.4, -0.2) is 36.9 Å². The van der Waals surface area contributed by atoms with Crippen molar-refractivity contribution in [1.82, 2.24) is 5.32 Å². The van der Waals surface area contributed by atoms with E-state index in [2.05, 4.69) is 5.32 Å². The van der Waals surface area contributed by atoms with Crippen molar-refractivity contribution in [1.29, 1.82) is 0 Å². The summed E-state index contributed by atoms with van der Waals surface area (Å²) in [7, 11) is 1.48. The van der Waals surface area contributed by atoms with Crippen molar-refractivity contribution < 1.29 is 19.4 Å². The number of amides is 1. The van der Waals surface area contributed by atoms with Gasteiger partial charge in [0, 0.05) is 12.2 Å². The second kappa shape index (κ2) is 5.32. The Kier molecular flexibility index (Phi) is 3.53. The third kappa shape index (κ3) is 2.58. The average molecular weight is 277 g/mol. The Morgan fingerprint density at radius 1 is 1.40 bits per heavy atom. The van der Waals surface area contributed by atoms with E-state index in [1.54, 1.807) is 12.1 Å². The lowest BCUT2D eigenvalue weighted by atomic mass is 10.1. The molecule has 5 nitrogen and oxygen atoms in total. The maximum atomic E-state index is 12.2. The molecule has 0 bridgehead atoms. The van der Waals surface area contributed by atoms with Crippen LogP contribution in [0.1, 0.15) is 29.6 Å². The third-order valence-electron chi connectivity index (χ3n) is 3.98. The summed E-state index contributed by atoms with van der Waals surface area (Å²) in [6.07, 6.45) is 3.40. The number of nitrogens with one attached hydrogen (secondary N) is 1. The maximum absolute atomic E-state index is 12.2. The third-order valence-corrected chi connectivity index (χ3v) is 3.98. The molecule has 1 aromatic rings. The lowest BCUT2D eigenvalue weighted by Gasteiger charge is -2.19. The van der Waals surface area contributed by atoms with Gasteiger partial charge in [-0.05, 0) is 43.4 Å². The minimum Gasteiger partial charge on any atom is -0.504 e. The van der Waals surface area contributed by atoms with E-state index in [-0.39, 0.29) is 23.8 Å². The fourth-order valence-electron chi connectivity index (χ4n) is 2.74. The number of carbonyl (C=O) groups excluding carboxylic acids is 1. The molecule has 2 N–H and O–H groups in total. The molecular weight excluding hydrogens is 258 g/mol. The molecule has 108 valence electrons. The highest BCUT2D eigenvalue weighted by molar-refractivity contribution is 5.95. The summed E-state index contributed by atoms with van der Waals surface area (Å²) in [4.78, 5) is 12.2. The van der Waals surface area contributed by atoms with Crippen LogP contribution in [0.4, 0.5) is 0 Å². The molecule has 1 aliphatic carbocycles. The van der Waals surface area contributed by atoms with Crippen LogP contribution in [0.15, 0.2) is 18.2 Å². The molecule has 0 spiro atoms. The van der Waals surface area contributed by atoms with Gasteiger partial charge >= 0.3 is 0 Å². The minimum atomic E-state index is -0.177. The highest BCUT2D eigenvalue weighted by atomic mass is 16.5. The van der Waals surface area contributed by atoms with Gasteiger partial charge in [0.2, 0.25) is 0 Å². The molecule has 0 aromatic heterocycles. The second-order valence-electron chi connectivity index (χ2n) is 5.43. The summed E-state index contributed by atoms with van der Waals surface area (Å²) in [5, 5.41) is 12.7. The molecule has 1 aliphatic heterocycles. The van der Waals surface area contributed by atoms with Crippen LogP contribution in [0, 0.1) is 5.92 Å². The highest BCUT2D eigenvalue weighted by Crippen LogP contribution is 2.38. The summed E-state index contributed by atoms with van der Waals surface area (Å²) in [5.41, 5.74) is 0.435. The number of rotatable bonds is 4. The summed E-state index contributed by atoms with van der Waals surface area (Å²) >= 11 is 0. The summed E-state index contributed by atoms with van der Waals surface area (Å²) in [5.74, 6) is 0.763. The molecule has 2 atom stereocenters. The van der Waals surface area contributed by atoms with Crippen molar-refractivity contribution in [3.05, 3.63) is 23.8 Å². The van der Waals surface area contributed by atoms with Gasteiger partial charge in [0.05, 0.1) is 19.3 Å². The Morgan fingerprint density at radius 3 is 2.85 bits per heavy atom. The van der Waals surface area contributed by atoms with Gasteiger partial charge in [-0.25, -0.2) is 0 Å². The number of phenols is 1. The quantitative estimate of drug-likeness (QED) is 0.879. The number of carbonyl (C=O) groups is 1. The number of hydrogen-bond acceptors (Lipinski definition) is 4. The first-order chi connectivity index (χ1) is 9.69. The van der Waals surface area contributed by atoms with E-state index in [1.807, 2.05) is 0 Å². The van der Waals surface area contributed by atoms with Crippen LogP contribution in [0.2, 0.25) is 0 Å². The average Bonchev–Trinajstić information content (AvgIpc) is 3.19. The lowest BCUT2D eigenvalue weighted by molar-refractivity contribution is 0.0729. The Hall–Kier alpha value is -1.75. The van der Waals surface area contributed by atoms with Gasteiger partial charge in [0.25, 0.3) is 5.91 Å². The number of hydrogen-bond donors (Lipinski definition) is 2. The van der Waals surface area contributed by atoms with Gasteiger partial charge in [0.15, 0.2) is 11.5 Å². The van der Waals surface area contributed by atoms with Crippen molar-refractivity contribution in [3.63, 3.8) is 0 Å². The van der Waals surface area contributed by atoms with Gasteiger partial charge in [-0.1, -0.05) is 0 Å². The maximum Gasteiger partial charge on any atom is 0.251 e. The fraction of sp³-hybridized carbons (Fsp3) is 0.533. The summed E-state index contributed by atoms with van der Waals surface area (Å²) in [6.45, 7) is 0.708. The van der Waals surface area contributed by atoms with Crippen molar-refractivity contribution >= 4 is 5.91 Å².